The van der Waals surface area contributed by atoms with E-state index in [1.54, 1.807) is 24.4 Å². The van der Waals surface area contributed by atoms with E-state index in [0.717, 1.165) is 67.7 Å². The molecule has 1 unspecified atom stereocenters. The summed E-state index contributed by atoms with van der Waals surface area (Å²) in [7, 11) is 1.84. The Morgan fingerprint density at radius 2 is 1.74 bits per heavy atom. The lowest BCUT2D eigenvalue weighted by Crippen LogP contribution is -2.45. The van der Waals surface area contributed by atoms with E-state index in [2.05, 4.69) is 20.9 Å². The lowest BCUT2D eigenvalue weighted by atomic mass is 9.70. The van der Waals surface area contributed by atoms with Crippen molar-refractivity contribution in [2.24, 2.45) is 5.41 Å². The number of aldehydes is 2. The average Bonchev–Trinajstić information content (AvgIpc) is 3.69. The van der Waals surface area contributed by atoms with Crippen LogP contribution in [0, 0.1) is 5.41 Å². The fourth-order valence-electron chi connectivity index (χ4n) is 6.65. The topological polar surface area (TPSA) is 161 Å². The molecule has 1 aliphatic carbocycles. The number of anilines is 3. The predicted molar refractivity (Wildman–Crippen MR) is 210 cm³/mol. The molecule has 13 nitrogen and oxygen atoms in total. The summed E-state index contributed by atoms with van der Waals surface area (Å²) in [6.07, 6.45) is 11.3. The normalized spacial score (nSPS) is 14.4. The minimum atomic E-state index is -0.472. The number of ether oxygens (including phenoxy) is 3. The Labute approximate surface area is 323 Å². The van der Waals surface area contributed by atoms with Crippen LogP contribution in [-0.2, 0) is 41.6 Å². The SMILES string of the molecule is CCCC(C=O)N(C)Cc1c(C=O)cccc1NC(=O)CCOCCCOCCOCCNC(=O)C1(Cc2cccc(Nc3nccs3)n2)CCCCC1. The number of rotatable bonds is 26. The third kappa shape index (κ3) is 14.0. The summed E-state index contributed by atoms with van der Waals surface area (Å²) in [6, 6.07) is 10.8. The van der Waals surface area contributed by atoms with Crippen LogP contribution in [0.1, 0.15) is 86.3 Å². The van der Waals surface area contributed by atoms with E-state index in [9.17, 15) is 19.2 Å². The first-order valence-corrected chi connectivity index (χ1v) is 19.9. The smallest absolute Gasteiger partial charge is 0.226 e. The number of carbonyl (C=O) groups is 4. The highest BCUT2D eigenvalue weighted by atomic mass is 32.1. The summed E-state index contributed by atoms with van der Waals surface area (Å²) >= 11 is 1.51. The predicted octanol–water partition coefficient (Wildman–Crippen LogP) is 5.97. The van der Waals surface area contributed by atoms with E-state index in [1.807, 2.05) is 42.5 Å². The molecule has 3 aromatic rings. The van der Waals surface area contributed by atoms with Crippen LogP contribution in [-0.4, -0.2) is 98.5 Å². The fourth-order valence-corrected chi connectivity index (χ4v) is 7.19. The van der Waals surface area contributed by atoms with E-state index in [4.69, 9.17) is 19.2 Å². The van der Waals surface area contributed by atoms with E-state index in [-0.39, 0.29) is 30.9 Å². The van der Waals surface area contributed by atoms with Crippen molar-refractivity contribution in [3.05, 3.63) is 64.8 Å². The zero-order valence-corrected chi connectivity index (χ0v) is 32.5. The van der Waals surface area contributed by atoms with Gasteiger partial charge in [-0.2, -0.15) is 0 Å². The molecule has 1 fully saturated rings. The lowest BCUT2D eigenvalue weighted by molar-refractivity contribution is -0.133. The molecule has 1 aliphatic rings. The maximum Gasteiger partial charge on any atom is 0.226 e. The number of carbonyl (C=O) groups excluding carboxylic acids is 4. The van der Waals surface area contributed by atoms with Crippen molar-refractivity contribution in [2.45, 2.75) is 83.7 Å². The quantitative estimate of drug-likeness (QED) is 0.0653. The van der Waals surface area contributed by atoms with E-state index in [1.165, 1.54) is 11.3 Å². The molecule has 294 valence electrons. The number of pyridine rings is 1. The van der Waals surface area contributed by atoms with Crippen LogP contribution in [0.3, 0.4) is 0 Å². The van der Waals surface area contributed by atoms with Crippen molar-refractivity contribution in [3.63, 3.8) is 0 Å². The van der Waals surface area contributed by atoms with Crippen LogP contribution in [0.25, 0.3) is 0 Å². The molecule has 1 aromatic carbocycles. The largest absolute Gasteiger partial charge is 0.381 e. The van der Waals surface area contributed by atoms with Crippen molar-refractivity contribution in [2.75, 3.05) is 63.9 Å². The van der Waals surface area contributed by atoms with Gasteiger partial charge in [-0.3, -0.25) is 19.3 Å². The van der Waals surface area contributed by atoms with Crippen LogP contribution in [0.15, 0.2) is 48.0 Å². The van der Waals surface area contributed by atoms with Crippen LogP contribution in [0.5, 0.6) is 0 Å². The minimum absolute atomic E-state index is 0.0656. The number of amides is 2. The summed E-state index contributed by atoms with van der Waals surface area (Å²) in [6.45, 7) is 5.26. The van der Waals surface area contributed by atoms with Gasteiger partial charge >= 0.3 is 0 Å². The molecule has 3 N–H and O–H groups in total. The van der Waals surface area contributed by atoms with Gasteiger partial charge < -0.3 is 35.0 Å². The fraction of sp³-hybridized carbons (Fsp3) is 0.550. The standard InChI is InChI=1S/C40H56N6O7S/c1-3-10-33(30-48)46(2)28-34-31(29-47)11-7-13-35(34)44-37(49)15-22-51-20-9-21-52-24-25-53-23-18-41-38(50)40(16-5-4-6-17-40)27-32-12-8-14-36(43-32)45-39-42-19-26-54-39/h7-8,11-14,19,26,29-30,33H,3-6,9-10,15-18,20-25,27-28H2,1-2H3,(H,41,50)(H,44,49)(H,42,43,45). The molecule has 1 saturated carbocycles. The summed E-state index contributed by atoms with van der Waals surface area (Å²) in [4.78, 5) is 60.4. The van der Waals surface area contributed by atoms with Crippen molar-refractivity contribution >= 4 is 52.4 Å². The van der Waals surface area contributed by atoms with Gasteiger partial charge in [0.05, 0.1) is 44.3 Å². The molecule has 4 rings (SSSR count). The van der Waals surface area contributed by atoms with Gasteiger partial charge in [-0.15, -0.1) is 11.3 Å². The van der Waals surface area contributed by atoms with Gasteiger partial charge in [0.1, 0.15) is 18.4 Å². The van der Waals surface area contributed by atoms with Gasteiger partial charge in [0, 0.05) is 66.8 Å². The Hall–Kier alpha value is -4.08. The van der Waals surface area contributed by atoms with E-state index < -0.39 is 5.41 Å². The minimum Gasteiger partial charge on any atom is -0.381 e. The van der Waals surface area contributed by atoms with Gasteiger partial charge in [-0.25, -0.2) is 9.97 Å². The maximum absolute atomic E-state index is 13.5. The molecule has 2 aromatic heterocycles. The Kier molecular flexibility index (Phi) is 18.7. The van der Waals surface area contributed by atoms with Crippen molar-refractivity contribution in [1.29, 1.82) is 0 Å². The first-order chi connectivity index (χ1) is 26.4. The van der Waals surface area contributed by atoms with Crippen LogP contribution < -0.4 is 16.0 Å². The van der Waals surface area contributed by atoms with Gasteiger partial charge in [-0.1, -0.05) is 50.8 Å². The number of nitrogens with zero attached hydrogens (tertiary/aromatic N) is 3. The zero-order valence-electron chi connectivity index (χ0n) is 31.7. The van der Waals surface area contributed by atoms with Crippen molar-refractivity contribution in [3.8, 4) is 0 Å². The molecular formula is C40H56N6O7S. The first-order valence-electron chi connectivity index (χ1n) is 19.0. The third-order valence-electron chi connectivity index (χ3n) is 9.57. The zero-order chi connectivity index (χ0) is 38.4. The molecule has 2 heterocycles. The number of benzene rings is 1. The second kappa shape index (κ2) is 23.6. The summed E-state index contributed by atoms with van der Waals surface area (Å²) in [5, 5.41) is 11.9. The number of hydrogen-bond acceptors (Lipinski definition) is 12. The first kappa shape index (κ1) is 42.7. The third-order valence-corrected chi connectivity index (χ3v) is 10.3. The number of nitrogens with one attached hydrogen (secondary N) is 3. The molecule has 0 saturated heterocycles. The van der Waals surface area contributed by atoms with Crippen LogP contribution in [0.4, 0.5) is 16.6 Å². The Bertz CT molecular complexity index is 1580. The second-order valence-electron chi connectivity index (χ2n) is 13.6. The number of aromatic nitrogens is 2. The highest BCUT2D eigenvalue weighted by molar-refractivity contribution is 7.13. The summed E-state index contributed by atoms with van der Waals surface area (Å²) < 4.78 is 17.0. The van der Waals surface area contributed by atoms with E-state index in [0.29, 0.717) is 82.2 Å². The lowest BCUT2D eigenvalue weighted by Gasteiger charge is -2.35. The molecule has 1 atom stereocenters. The number of likely N-dealkylation sites (N-methyl/N-ethyl adjacent to an activating group) is 1. The number of thiazole rings is 1. The van der Waals surface area contributed by atoms with Crippen molar-refractivity contribution in [1.82, 2.24) is 20.2 Å². The molecule has 0 aliphatic heterocycles. The van der Waals surface area contributed by atoms with Gasteiger partial charge in [-0.05, 0) is 50.9 Å². The van der Waals surface area contributed by atoms with Gasteiger partial charge in [0.25, 0.3) is 0 Å². The highest BCUT2D eigenvalue weighted by Gasteiger charge is 2.39. The average molecular weight is 765 g/mol. The number of hydrogen-bond donors (Lipinski definition) is 3. The highest BCUT2D eigenvalue weighted by Crippen LogP contribution is 2.39. The van der Waals surface area contributed by atoms with Gasteiger partial charge in [0.15, 0.2) is 5.13 Å². The molecule has 0 bridgehead atoms. The molecule has 0 radical (unpaired) electrons. The summed E-state index contributed by atoms with van der Waals surface area (Å²) in [5.41, 5.74) is 2.13. The monoisotopic (exact) mass is 764 g/mol. The molecule has 2 amide bonds. The molecular weight excluding hydrogens is 709 g/mol. The van der Waals surface area contributed by atoms with Crippen LogP contribution >= 0.6 is 11.3 Å². The van der Waals surface area contributed by atoms with Gasteiger partial charge in [0.2, 0.25) is 11.8 Å². The van der Waals surface area contributed by atoms with Crippen LogP contribution in [0.2, 0.25) is 0 Å². The Morgan fingerprint density at radius 3 is 2.46 bits per heavy atom. The Morgan fingerprint density at radius 1 is 0.981 bits per heavy atom. The molecule has 0 spiro atoms. The molecule has 14 heteroatoms. The maximum atomic E-state index is 13.5. The van der Waals surface area contributed by atoms with Crippen molar-refractivity contribution < 1.29 is 33.4 Å². The summed E-state index contributed by atoms with van der Waals surface area (Å²) in [5.74, 6) is 0.573. The van der Waals surface area contributed by atoms with E-state index >= 15 is 0 Å². The second-order valence-corrected chi connectivity index (χ2v) is 14.5. The molecule has 54 heavy (non-hydrogen) atoms. The Balaban J connectivity index is 1.05.